The van der Waals surface area contributed by atoms with Crippen LogP contribution in [-0.2, 0) is 0 Å². The molecule has 27 heavy (non-hydrogen) atoms. The van der Waals surface area contributed by atoms with E-state index in [2.05, 4.69) is 39.6 Å². The van der Waals surface area contributed by atoms with Crippen LogP contribution >= 0.6 is 11.3 Å². The molecule has 0 bridgehead atoms. The number of phenols is 1. The zero-order chi connectivity index (χ0) is 19.0. The van der Waals surface area contributed by atoms with Crippen LogP contribution in [0.2, 0.25) is 0 Å². The molecule has 2 aromatic heterocycles. The zero-order valence-corrected chi connectivity index (χ0v) is 15.1. The van der Waals surface area contributed by atoms with Crippen LogP contribution in [0, 0.1) is 6.92 Å². The number of rotatable bonds is 4. The molecule has 0 aliphatic carbocycles. The second kappa shape index (κ2) is 6.69. The summed E-state index contributed by atoms with van der Waals surface area (Å²) >= 11 is 1.53. The van der Waals surface area contributed by atoms with Crippen LogP contribution in [0.4, 0.5) is 11.5 Å². The van der Waals surface area contributed by atoms with Crippen molar-refractivity contribution in [2.75, 3.05) is 5.32 Å². The second-order valence-electron chi connectivity index (χ2n) is 6.08. The van der Waals surface area contributed by atoms with Crippen molar-refractivity contribution in [3.05, 3.63) is 65.3 Å². The van der Waals surface area contributed by atoms with Gasteiger partial charge in [-0.1, -0.05) is 29.8 Å². The minimum atomic E-state index is -1.18. The predicted octanol–water partition coefficient (Wildman–Crippen LogP) is 4.81. The SMILES string of the molecule is Cc1ccc(-c2csc3ncnc(Nc4ccc(C(=O)O)c(O)c4)c23)cc1. The van der Waals surface area contributed by atoms with Crippen LogP contribution in [-0.4, -0.2) is 26.2 Å². The third kappa shape index (κ3) is 3.20. The summed E-state index contributed by atoms with van der Waals surface area (Å²) in [6.45, 7) is 2.04. The van der Waals surface area contributed by atoms with E-state index in [0.717, 1.165) is 21.3 Å². The van der Waals surface area contributed by atoms with Crippen molar-refractivity contribution >= 4 is 39.0 Å². The molecule has 4 rings (SSSR count). The standard InChI is InChI=1S/C20H15N3O3S/c1-11-2-4-12(5-3-11)15-9-27-19-17(15)18(21-10-22-19)23-13-6-7-14(20(25)26)16(24)8-13/h2-10,24H,1H3,(H,25,26)(H,21,22,23). The van der Waals surface area contributed by atoms with Gasteiger partial charge in [0.15, 0.2) is 0 Å². The number of aromatic carboxylic acids is 1. The van der Waals surface area contributed by atoms with E-state index in [9.17, 15) is 9.90 Å². The maximum absolute atomic E-state index is 11.1. The highest BCUT2D eigenvalue weighted by Crippen LogP contribution is 2.37. The summed E-state index contributed by atoms with van der Waals surface area (Å²) in [5, 5.41) is 25.1. The minimum Gasteiger partial charge on any atom is -0.507 e. The average molecular weight is 377 g/mol. The number of aryl methyl sites for hydroxylation is 1. The number of benzene rings is 2. The van der Waals surface area contributed by atoms with Crippen LogP contribution in [0.1, 0.15) is 15.9 Å². The van der Waals surface area contributed by atoms with Gasteiger partial charge in [0, 0.05) is 22.7 Å². The van der Waals surface area contributed by atoms with E-state index in [-0.39, 0.29) is 11.3 Å². The summed E-state index contributed by atoms with van der Waals surface area (Å²) in [7, 11) is 0. The van der Waals surface area contributed by atoms with Crippen molar-refractivity contribution in [3.63, 3.8) is 0 Å². The number of aromatic nitrogens is 2. The normalized spacial score (nSPS) is 10.9. The molecular weight excluding hydrogens is 362 g/mol. The lowest BCUT2D eigenvalue weighted by Gasteiger charge is -2.10. The lowest BCUT2D eigenvalue weighted by atomic mass is 10.0. The van der Waals surface area contributed by atoms with Gasteiger partial charge in [-0.3, -0.25) is 0 Å². The smallest absolute Gasteiger partial charge is 0.339 e. The maximum Gasteiger partial charge on any atom is 0.339 e. The van der Waals surface area contributed by atoms with Crippen molar-refractivity contribution < 1.29 is 15.0 Å². The molecule has 6 nitrogen and oxygen atoms in total. The summed E-state index contributed by atoms with van der Waals surface area (Å²) in [5.41, 5.74) is 3.66. The molecule has 4 aromatic rings. The Morgan fingerprint density at radius 2 is 1.89 bits per heavy atom. The second-order valence-corrected chi connectivity index (χ2v) is 6.94. The third-order valence-corrected chi connectivity index (χ3v) is 5.11. The first-order valence-electron chi connectivity index (χ1n) is 8.15. The number of fused-ring (bicyclic) bond motifs is 1. The van der Waals surface area contributed by atoms with E-state index in [1.165, 1.54) is 35.4 Å². The monoisotopic (exact) mass is 377 g/mol. The molecule has 0 radical (unpaired) electrons. The molecule has 2 heterocycles. The first kappa shape index (κ1) is 17.0. The Morgan fingerprint density at radius 1 is 1.11 bits per heavy atom. The summed E-state index contributed by atoms with van der Waals surface area (Å²) in [4.78, 5) is 20.6. The van der Waals surface area contributed by atoms with E-state index in [4.69, 9.17) is 5.11 Å². The third-order valence-electron chi connectivity index (χ3n) is 4.22. The first-order chi connectivity index (χ1) is 13.0. The fourth-order valence-corrected chi connectivity index (χ4v) is 3.76. The van der Waals surface area contributed by atoms with Crippen molar-refractivity contribution in [2.45, 2.75) is 6.92 Å². The van der Waals surface area contributed by atoms with Crippen LogP contribution < -0.4 is 5.32 Å². The predicted molar refractivity (Wildman–Crippen MR) is 106 cm³/mol. The number of nitrogens with zero attached hydrogens (tertiary/aromatic N) is 2. The lowest BCUT2D eigenvalue weighted by molar-refractivity contribution is 0.0694. The molecule has 0 unspecified atom stereocenters. The van der Waals surface area contributed by atoms with Crippen molar-refractivity contribution in [1.29, 1.82) is 0 Å². The largest absolute Gasteiger partial charge is 0.507 e. The molecule has 3 N–H and O–H groups in total. The molecular formula is C20H15N3O3S. The quantitative estimate of drug-likeness (QED) is 0.472. The molecule has 0 spiro atoms. The van der Waals surface area contributed by atoms with Gasteiger partial charge in [0.05, 0.1) is 5.39 Å². The van der Waals surface area contributed by atoms with Crippen molar-refractivity contribution in [3.8, 4) is 16.9 Å². The zero-order valence-electron chi connectivity index (χ0n) is 14.3. The fraction of sp³-hybridized carbons (Fsp3) is 0.0500. The minimum absolute atomic E-state index is 0.149. The number of nitrogens with one attached hydrogen (secondary N) is 1. The molecule has 0 aliphatic rings. The van der Waals surface area contributed by atoms with Gasteiger partial charge in [-0.05, 0) is 24.6 Å². The van der Waals surface area contributed by atoms with Gasteiger partial charge >= 0.3 is 5.97 Å². The van der Waals surface area contributed by atoms with Crippen LogP contribution in [0.3, 0.4) is 0 Å². The molecule has 0 fully saturated rings. The summed E-state index contributed by atoms with van der Waals surface area (Å²) < 4.78 is 0. The van der Waals surface area contributed by atoms with Gasteiger partial charge in [0.25, 0.3) is 0 Å². The average Bonchev–Trinajstić information content (AvgIpc) is 3.07. The number of aromatic hydroxyl groups is 1. The molecule has 2 aromatic carbocycles. The van der Waals surface area contributed by atoms with E-state index in [1.54, 1.807) is 6.07 Å². The van der Waals surface area contributed by atoms with Crippen molar-refractivity contribution in [1.82, 2.24) is 9.97 Å². The number of anilines is 2. The Hall–Kier alpha value is -3.45. The molecule has 0 atom stereocenters. The van der Waals surface area contributed by atoms with Gasteiger partial charge in [0.1, 0.15) is 28.3 Å². The van der Waals surface area contributed by atoms with Gasteiger partial charge in [0.2, 0.25) is 0 Å². The van der Waals surface area contributed by atoms with Gasteiger partial charge < -0.3 is 15.5 Å². The van der Waals surface area contributed by atoms with E-state index in [0.29, 0.717) is 11.5 Å². The van der Waals surface area contributed by atoms with Gasteiger partial charge in [-0.2, -0.15) is 0 Å². The summed E-state index contributed by atoms with van der Waals surface area (Å²) in [5.74, 6) is -0.885. The lowest BCUT2D eigenvalue weighted by Crippen LogP contribution is -1.99. The molecule has 7 heteroatoms. The highest BCUT2D eigenvalue weighted by Gasteiger charge is 2.15. The van der Waals surface area contributed by atoms with Gasteiger partial charge in [-0.25, -0.2) is 14.8 Å². The molecule has 134 valence electrons. The van der Waals surface area contributed by atoms with Crippen LogP contribution in [0.25, 0.3) is 21.3 Å². The molecule has 0 aliphatic heterocycles. The number of thiophene rings is 1. The first-order valence-corrected chi connectivity index (χ1v) is 9.03. The van der Waals surface area contributed by atoms with Crippen LogP contribution in [0.15, 0.2) is 54.2 Å². The van der Waals surface area contributed by atoms with Crippen LogP contribution in [0.5, 0.6) is 5.75 Å². The summed E-state index contributed by atoms with van der Waals surface area (Å²) in [6, 6.07) is 12.5. The Bertz CT molecular complexity index is 1150. The Morgan fingerprint density at radius 3 is 2.59 bits per heavy atom. The number of hydrogen-bond acceptors (Lipinski definition) is 6. The topological polar surface area (TPSA) is 95.3 Å². The van der Waals surface area contributed by atoms with E-state index in [1.807, 2.05) is 12.3 Å². The molecule has 0 amide bonds. The number of carboxylic acids is 1. The molecule has 0 saturated heterocycles. The number of carbonyl (C=O) groups is 1. The van der Waals surface area contributed by atoms with Crippen molar-refractivity contribution in [2.24, 2.45) is 0 Å². The number of carboxylic acid groups (broad SMARTS) is 1. The number of hydrogen-bond donors (Lipinski definition) is 3. The van der Waals surface area contributed by atoms with E-state index < -0.39 is 5.97 Å². The van der Waals surface area contributed by atoms with E-state index >= 15 is 0 Å². The fourth-order valence-electron chi connectivity index (χ4n) is 2.84. The van der Waals surface area contributed by atoms with Gasteiger partial charge in [-0.15, -0.1) is 11.3 Å². The maximum atomic E-state index is 11.1. The highest BCUT2D eigenvalue weighted by molar-refractivity contribution is 7.17. The molecule has 0 saturated carbocycles. The Labute approximate surface area is 158 Å². The summed E-state index contributed by atoms with van der Waals surface area (Å²) in [6.07, 6.45) is 1.48. The Kier molecular flexibility index (Phi) is 4.21. The highest BCUT2D eigenvalue weighted by atomic mass is 32.1. The Balaban J connectivity index is 1.78.